The molecule has 0 amide bonds. The molecule has 1 unspecified atom stereocenters. The van der Waals surface area contributed by atoms with Gasteiger partial charge < -0.3 is 14.8 Å². The third-order valence-corrected chi connectivity index (χ3v) is 5.33. The van der Waals surface area contributed by atoms with E-state index in [-0.39, 0.29) is 0 Å². The molecule has 1 aromatic heterocycles. The molecule has 0 bridgehead atoms. The van der Waals surface area contributed by atoms with Crippen molar-refractivity contribution in [3.05, 3.63) is 18.2 Å². The van der Waals surface area contributed by atoms with Gasteiger partial charge in [-0.1, -0.05) is 20.8 Å². The van der Waals surface area contributed by atoms with Gasteiger partial charge in [-0.3, -0.25) is 0 Å². The molecule has 5 nitrogen and oxygen atoms in total. The Hall–Kier alpha value is -1.17. The molecule has 23 heavy (non-hydrogen) atoms. The van der Waals surface area contributed by atoms with Crippen molar-refractivity contribution in [2.24, 2.45) is 10.9 Å². The summed E-state index contributed by atoms with van der Waals surface area (Å²) in [6.45, 7) is 13.6. The first-order chi connectivity index (χ1) is 11.1. The second-order valence-corrected chi connectivity index (χ2v) is 7.82. The van der Waals surface area contributed by atoms with Gasteiger partial charge in [-0.2, -0.15) is 11.8 Å². The van der Waals surface area contributed by atoms with Crippen LogP contribution in [0.4, 0.5) is 0 Å². The molecule has 0 aliphatic carbocycles. The summed E-state index contributed by atoms with van der Waals surface area (Å²) in [5.74, 6) is 3.88. The molecule has 0 spiro atoms. The third-order valence-electron chi connectivity index (χ3n) is 3.96. The lowest BCUT2D eigenvalue weighted by Gasteiger charge is -2.34. The van der Waals surface area contributed by atoms with Crippen molar-refractivity contribution >= 4 is 17.7 Å². The van der Waals surface area contributed by atoms with E-state index in [1.807, 2.05) is 6.20 Å². The van der Waals surface area contributed by atoms with Crippen LogP contribution < -0.4 is 5.32 Å². The van der Waals surface area contributed by atoms with Crippen molar-refractivity contribution in [3.63, 3.8) is 0 Å². The van der Waals surface area contributed by atoms with E-state index >= 15 is 0 Å². The monoisotopic (exact) mass is 337 g/mol. The predicted molar refractivity (Wildman–Crippen MR) is 100.0 cm³/mol. The minimum absolute atomic E-state index is 0.615. The van der Waals surface area contributed by atoms with Crippen molar-refractivity contribution in [2.75, 3.05) is 25.4 Å². The Morgan fingerprint density at radius 1 is 1.48 bits per heavy atom. The van der Waals surface area contributed by atoms with Gasteiger partial charge in [0.2, 0.25) is 0 Å². The number of thioether (sulfide) groups is 1. The van der Waals surface area contributed by atoms with Crippen molar-refractivity contribution in [3.8, 4) is 0 Å². The van der Waals surface area contributed by atoms with Crippen LogP contribution in [0, 0.1) is 5.92 Å². The third kappa shape index (κ3) is 5.44. The second kappa shape index (κ2) is 9.21. The maximum absolute atomic E-state index is 4.86. The zero-order valence-corrected chi connectivity index (χ0v) is 15.8. The van der Waals surface area contributed by atoms with Gasteiger partial charge in [-0.25, -0.2) is 9.98 Å². The van der Waals surface area contributed by atoms with Gasteiger partial charge in [0.15, 0.2) is 5.96 Å². The Bertz CT molecular complexity index is 497. The predicted octanol–water partition coefficient (Wildman–Crippen LogP) is 2.83. The lowest BCUT2D eigenvalue weighted by Crippen LogP contribution is -2.48. The molecule has 0 aromatic carbocycles. The average molecular weight is 338 g/mol. The van der Waals surface area contributed by atoms with E-state index in [1.54, 1.807) is 0 Å². The first-order valence-corrected chi connectivity index (χ1v) is 9.83. The van der Waals surface area contributed by atoms with Gasteiger partial charge in [0.1, 0.15) is 12.4 Å². The summed E-state index contributed by atoms with van der Waals surface area (Å²) in [6, 6.07) is 0. The smallest absolute Gasteiger partial charge is 0.194 e. The summed E-state index contributed by atoms with van der Waals surface area (Å²) in [5.41, 5.74) is 0. The van der Waals surface area contributed by atoms with Crippen LogP contribution in [0.1, 0.15) is 39.9 Å². The van der Waals surface area contributed by atoms with Gasteiger partial charge in [0, 0.05) is 49.6 Å². The van der Waals surface area contributed by atoms with Crippen molar-refractivity contribution < 1.29 is 0 Å². The molecule has 2 heterocycles. The summed E-state index contributed by atoms with van der Waals surface area (Å²) < 4.78 is 2.22. The minimum Gasteiger partial charge on any atom is -0.357 e. The maximum Gasteiger partial charge on any atom is 0.194 e. The molecular formula is C17H31N5S. The second-order valence-electron chi connectivity index (χ2n) is 6.41. The SMILES string of the molecule is CCNC(=NCc1nccn1CC(C)C)N1CCSC(CC)C1. The van der Waals surface area contributed by atoms with E-state index in [1.165, 1.54) is 12.2 Å². The lowest BCUT2D eigenvalue weighted by molar-refractivity contribution is 0.407. The highest BCUT2D eigenvalue weighted by molar-refractivity contribution is 8.00. The van der Waals surface area contributed by atoms with Crippen LogP contribution in [0.25, 0.3) is 0 Å². The number of imidazole rings is 1. The zero-order valence-electron chi connectivity index (χ0n) is 15.0. The molecule has 1 aliphatic rings. The normalized spacial score (nSPS) is 19.4. The van der Waals surface area contributed by atoms with Crippen molar-refractivity contribution in [1.29, 1.82) is 0 Å². The van der Waals surface area contributed by atoms with Gasteiger partial charge >= 0.3 is 0 Å². The number of nitrogens with zero attached hydrogens (tertiary/aromatic N) is 4. The molecule has 130 valence electrons. The van der Waals surface area contributed by atoms with E-state index in [9.17, 15) is 0 Å². The summed E-state index contributed by atoms with van der Waals surface area (Å²) in [6.07, 6.45) is 5.16. The molecule has 1 aliphatic heterocycles. The van der Waals surface area contributed by atoms with Crippen LogP contribution in [0.2, 0.25) is 0 Å². The van der Waals surface area contributed by atoms with Crippen LogP contribution in [0.15, 0.2) is 17.4 Å². The molecule has 1 saturated heterocycles. The molecule has 1 aromatic rings. The fourth-order valence-electron chi connectivity index (χ4n) is 2.78. The molecule has 1 atom stereocenters. The first kappa shape index (κ1) is 18.2. The zero-order chi connectivity index (χ0) is 16.7. The first-order valence-electron chi connectivity index (χ1n) is 8.78. The molecular weight excluding hydrogens is 306 g/mol. The molecule has 1 fully saturated rings. The van der Waals surface area contributed by atoms with Crippen LogP contribution in [-0.4, -0.2) is 51.0 Å². The Labute approximate surface area is 145 Å². The van der Waals surface area contributed by atoms with Gasteiger partial charge in [0.25, 0.3) is 0 Å². The quantitative estimate of drug-likeness (QED) is 0.640. The fourth-order valence-corrected chi connectivity index (χ4v) is 3.96. The standard InChI is InChI=1S/C17H31N5S/c1-5-15-13-22(9-10-23-15)17(18-6-2)20-11-16-19-7-8-21(16)12-14(3)4/h7-8,14-15H,5-6,9-13H2,1-4H3,(H,18,20). The molecule has 6 heteroatoms. The van der Waals surface area contributed by atoms with Gasteiger partial charge in [-0.15, -0.1) is 0 Å². The van der Waals surface area contributed by atoms with E-state index in [2.05, 4.69) is 65.4 Å². The van der Waals surface area contributed by atoms with E-state index in [0.717, 1.165) is 43.2 Å². The summed E-state index contributed by atoms with van der Waals surface area (Å²) in [4.78, 5) is 11.7. The Morgan fingerprint density at radius 2 is 2.30 bits per heavy atom. The highest BCUT2D eigenvalue weighted by Crippen LogP contribution is 2.21. The molecule has 0 radical (unpaired) electrons. The van der Waals surface area contributed by atoms with E-state index in [4.69, 9.17) is 4.99 Å². The average Bonchev–Trinajstić information content (AvgIpc) is 2.98. The Kier molecular flexibility index (Phi) is 7.27. The topological polar surface area (TPSA) is 45.5 Å². The van der Waals surface area contributed by atoms with Gasteiger partial charge in [0.05, 0.1) is 0 Å². The minimum atomic E-state index is 0.615. The van der Waals surface area contributed by atoms with Crippen molar-refractivity contribution in [2.45, 2.75) is 52.5 Å². The Morgan fingerprint density at radius 3 is 3.00 bits per heavy atom. The lowest BCUT2D eigenvalue weighted by atomic mass is 10.2. The largest absolute Gasteiger partial charge is 0.357 e. The summed E-state index contributed by atoms with van der Waals surface area (Å²) in [5, 5.41) is 4.17. The fraction of sp³-hybridized carbons (Fsp3) is 0.765. The van der Waals surface area contributed by atoms with Gasteiger partial charge in [-0.05, 0) is 19.3 Å². The summed E-state index contributed by atoms with van der Waals surface area (Å²) in [7, 11) is 0. The number of nitrogens with one attached hydrogen (secondary N) is 1. The molecule has 0 saturated carbocycles. The number of hydrogen-bond acceptors (Lipinski definition) is 3. The number of guanidine groups is 1. The summed E-state index contributed by atoms with van der Waals surface area (Å²) >= 11 is 2.09. The van der Waals surface area contributed by atoms with E-state index in [0.29, 0.717) is 12.5 Å². The molecule has 1 N–H and O–H groups in total. The van der Waals surface area contributed by atoms with Crippen LogP contribution in [-0.2, 0) is 13.1 Å². The Balaban J connectivity index is 2.05. The number of aromatic nitrogens is 2. The maximum atomic E-state index is 4.86. The molecule has 2 rings (SSSR count). The number of rotatable bonds is 6. The van der Waals surface area contributed by atoms with E-state index < -0.39 is 0 Å². The number of aliphatic imine (C=N–C) groups is 1. The highest BCUT2D eigenvalue weighted by atomic mass is 32.2. The van der Waals surface area contributed by atoms with Crippen LogP contribution in [0.3, 0.4) is 0 Å². The number of hydrogen-bond donors (Lipinski definition) is 1. The van der Waals surface area contributed by atoms with Crippen LogP contribution in [0.5, 0.6) is 0 Å². The highest BCUT2D eigenvalue weighted by Gasteiger charge is 2.21. The van der Waals surface area contributed by atoms with Crippen LogP contribution >= 0.6 is 11.8 Å². The van der Waals surface area contributed by atoms with Crippen molar-refractivity contribution in [1.82, 2.24) is 19.8 Å².